The molecule has 9 N–H and O–H groups in total. The molecular weight excluding hydrogens is 941 g/mol. The van der Waals surface area contributed by atoms with Crippen LogP contribution in [0.3, 0.4) is 0 Å². The van der Waals surface area contributed by atoms with Crippen molar-refractivity contribution >= 4 is 23.9 Å². The Labute approximate surface area is 436 Å². The van der Waals surface area contributed by atoms with Crippen molar-refractivity contribution in [2.24, 2.45) is 0 Å². The molecule has 2 aliphatic rings. The Morgan fingerprint density at radius 1 is 0.472 bits per heavy atom. The summed E-state index contributed by atoms with van der Waals surface area (Å²) in [6.45, 7) is 19.1. The number of rotatable bonds is 30. The van der Waals surface area contributed by atoms with E-state index in [2.05, 4.69) is 25.5 Å². The van der Waals surface area contributed by atoms with Crippen LogP contribution in [0.1, 0.15) is 209 Å². The lowest BCUT2D eigenvalue weighted by Gasteiger charge is -2.13. The molecule has 0 aromatic rings. The average molecular weight is 1050 g/mol. The molecule has 2 saturated heterocycles. The molecule has 4 atom stereocenters. The van der Waals surface area contributed by atoms with Crippen LogP contribution in [0.4, 0.5) is 0 Å². The van der Waals surface area contributed by atoms with Crippen LogP contribution < -0.4 is 0 Å². The minimum absolute atomic E-state index is 0.0810. The number of methoxy groups -OCH3 is 1. The fourth-order valence-electron chi connectivity index (χ4n) is 4.95. The van der Waals surface area contributed by atoms with Crippen LogP contribution in [-0.2, 0) is 47.6 Å². The smallest absolute Gasteiger partial charge is 0.332 e. The van der Waals surface area contributed by atoms with Crippen LogP contribution in [0, 0.1) is 0 Å². The molecule has 0 amide bonds. The largest absolute Gasteiger partial charge is 0.479 e. The summed E-state index contributed by atoms with van der Waals surface area (Å²) in [4.78, 5) is 42.9. The molecule has 19 nitrogen and oxygen atoms in total. The second-order valence-corrected chi connectivity index (χ2v) is 16.9. The summed E-state index contributed by atoms with van der Waals surface area (Å²) >= 11 is 0. The van der Waals surface area contributed by atoms with E-state index in [1.165, 1.54) is 71.1 Å². The standard InChI is InChI=1S/C21H40O4.C8H16O3.C4H8O2.2C4H10O2.C4H8O.C3H6O3.C3H8O.C2H6O/c1-4-6-8-10-12-14-16-20(22)24-18-19(3)25-21(23)17-15-13-11-9-7-5-2;1-2-3-4-5-6-7(9)8(10)11;1-2-6-4-3-5-1;1-4(6)2-3-5;5-3-1-2-4-6;1-2-4-5-3-1;1-2(4)3(5)6;1-2-3-4;1-3-2/h19H,4-18H2,1-3H3;7,9H,2-6H2,1H3,(H,10,11);1-4H2;4-6H,2-3H2,1H3;5-6H,1-4H2;1-4H2;2,4H,1H3,(H,5,6);4H,2-3H2,1H3;1-2H3. The van der Waals surface area contributed by atoms with Gasteiger partial charge in [0.1, 0.15) is 18.8 Å². The summed E-state index contributed by atoms with van der Waals surface area (Å²) in [7, 11) is 3.25. The lowest BCUT2D eigenvalue weighted by molar-refractivity contribution is -0.158. The molecule has 438 valence electrons. The average Bonchev–Trinajstić information content (AvgIpc) is 3.96. The maximum atomic E-state index is 11.7. The van der Waals surface area contributed by atoms with Gasteiger partial charge in [-0.1, -0.05) is 118 Å². The van der Waals surface area contributed by atoms with Gasteiger partial charge in [-0.2, -0.15) is 0 Å². The number of hydrogen-bond donors (Lipinski definition) is 9. The summed E-state index contributed by atoms with van der Waals surface area (Å²) in [6, 6.07) is 0. The van der Waals surface area contributed by atoms with Crippen molar-refractivity contribution in [3.05, 3.63) is 0 Å². The number of unbranched alkanes of at least 4 members (excludes halogenated alkanes) is 14. The molecule has 4 unspecified atom stereocenters. The fraction of sp³-hybridized carbons (Fsp3) is 0.925. The first-order valence-electron chi connectivity index (χ1n) is 26.9. The van der Waals surface area contributed by atoms with Crippen molar-refractivity contribution < 1.29 is 93.6 Å². The molecule has 0 aliphatic carbocycles. The summed E-state index contributed by atoms with van der Waals surface area (Å²) < 4.78 is 29.6. The lowest BCUT2D eigenvalue weighted by Crippen LogP contribution is -2.22. The van der Waals surface area contributed by atoms with Crippen LogP contribution in [0.2, 0.25) is 0 Å². The summed E-state index contributed by atoms with van der Waals surface area (Å²) in [5.41, 5.74) is 0. The maximum absolute atomic E-state index is 11.7. The van der Waals surface area contributed by atoms with E-state index < -0.39 is 24.1 Å². The first kappa shape index (κ1) is 83.4. The Bertz CT molecular complexity index is 987. The van der Waals surface area contributed by atoms with Crippen molar-refractivity contribution in [2.45, 2.75) is 233 Å². The molecule has 2 rings (SSSR count). The first-order valence-corrected chi connectivity index (χ1v) is 26.9. The number of carbonyl (C=O) groups is 4. The number of aliphatic hydroxyl groups is 7. The molecular formula is C53H112O19. The number of carboxylic acids is 2. The van der Waals surface area contributed by atoms with Crippen molar-refractivity contribution in [3.8, 4) is 0 Å². The second kappa shape index (κ2) is 77.3. The van der Waals surface area contributed by atoms with E-state index in [0.717, 1.165) is 110 Å². The third-order valence-corrected chi connectivity index (χ3v) is 9.16. The van der Waals surface area contributed by atoms with Crippen LogP contribution in [0.15, 0.2) is 0 Å². The monoisotopic (exact) mass is 1050 g/mol. The molecule has 19 heteroatoms. The van der Waals surface area contributed by atoms with E-state index in [1.54, 1.807) is 28.1 Å². The molecule has 0 saturated carbocycles. The van der Waals surface area contributed by atoms with Crippen molar-refractivity contribution in [3.63, 3.8) is 0 Å². The Hall–Kier alpha value is -2.56. The lowest BCUT2D eigenvalue weighted by atomic mass is 10.1. The van der Waals surface area contributed by atoms with E-state index in [1.807, 2.05) is 6.92 Å². The van der Waals surface area contributed by atoms with E-state index in [4.69, 9.17) is 69.6 Å². The number of carbonyl (C=O) groups excluding carboxylic acids is 2. The highest BCUT2D eigenvalue weighted by molar-refractivity contribution is 5.72. The van der Waals surface area contributed by atoms with Gasteiger partial charge < -0.3 is 74.4 Å². The number of ether oxygens (including phenoxy) is 6. The molecule has 0 radical (unpaired) electrons. The highest BCUT2D eigenvalue weighted by atomic mass is 16.6. The van der Waals surface area contributed by atoms with Gasteiger partial charge in [-0.05, 0) is 78.6 Å². The Kier molecular flexibility index (Phi) is 89.6. The maximum Gasteiger partial charge on any atom is 0.332 e. The number of carboxylic acid groups (broad SMARTS) is 2. The molecule has 2 heterocycles. The highest BCUT2D eigenvalue weighted by Crippen LogP contribution is 2.10. The molecule has 0 aromatic carbocycles. The van der Waals surface area contributed by atoms with Gasteiger partial charge in [-0.15, -0.1) is 0 Å². The van der Waals surface area contributed by atoms with Gasteiger partial charge >= 0.3 is 23.9 Å². The van der Waals surface area contributed by atoms with Gasteiger partial charge in [0.25, 0.3) is 0 Å². The van der Waals surface area contributed by atoms with Gasteiger partial charge in [-0.3, -0.25) is 9.59 Å². The van der Waals surface area contributed by atoms with E-state index in [9.17, 15) is 19.2 Å². The predicted molar refractivity (Wildman–Crippen MR) is 283 cm³/mol. The molecule has 0 spiro atoms. The molecule has 0 bridgehead atoms. The van der Waals surface area contributed by atoms with Crippen LogP contribution in [0.25, 0.3) is 0 Å². The molecule has 72 heavy (non-hydrogen) atoms. The van der Waals surface area contributed by atoms with Gasteiger partial charge in [0.2, 0.25) is 0 Å². The van der Waals surface area contributed by atoms with E-state index in [-0.39, 0.29) is 50.6 Å². The first-order chi connectivity index (χ1) is 34.4. The molecule has 2 aliphatic heterocycles. The number of aliphatic hydroxyl groups excluding tert-OH is 7. The zero-order valence-corrected chi connectivity index (χ0v) is 46.9. The predicted octanol–water partition coefficient (Wildman–Crippen LogP) is 7.80. The summed E-state index contributed by atoms with van der Waals surface area (Å²) in [5.74, 6) is -2.67. The molecule has 2 fully saturated rings. The van der Waals surface area contributed by atoms with Crippen LogP contribution >= 0.6 is 0 Å². The Morgan fingerprint density at radius 3 is 1.11 bits per heavy atom. The van der Waals surface area contributed by atoms with Gasteiger partial charge in [0, 0.05) is 66.7 Å². The second-order valence-electron chi connectivity index (χ2n) is 16.9. The van der Waals surface area contributed by atoms with Gasteiger partial charge in [0.15, 0.2) is 6.10 Å². The van der Waals surface area contributed by atoms with Crippen LogP contribution in [-0.4, -0.2) is 181 Å². The Morgan fingerprint density at radius 2 is 0.833 bits per heavy atom. The van der Waals surface area contributed by atoms with Gasteiger partial charge in [-0.25, -0.2) is 9.59 Å². The number of esters is 2. The van der Waals surface area contributed by atoms with Gasteiger partial charge in [0.05, 0.1) is 32.5 Å². The number of aliphatic carboxylic acids is 2. The minimum atomic E-state index is -1.23. The minimum Gasteiger partial charge on any atom is -0.479 e. The zero-order chi connectivity index (χ0) is 56.3. The third-order valence-electron chi connectivity index (χ3n) is 9.16. The SMILES string of the molecule is C1CCOC1.C1COCCO1.CC(O)C(=O)O.CC(O)CCO.CCCCCCC(O)C(=O)O.CCCCCCCCC(=O)OCC(C)OC(=O)CCCCCCCC.CCCO.COC.OCCCCO. The fourth-order valence-corrected chi connectivity index (χ4v) is 4.95. The van der Waals surface area contributed by atoms with E-state index >= 15 is 0 Å². The van der Waals surface area contributed by atoms with Crippen molar-refractivity contribution in [2.75, 3.05) is 86.9 Å². The summed E-state index contributed by atoms with van der Waals surface area (Å²) in [6.07, 6.45) is 21.4. The third kappa shape index (κ3) is 100. The highest BCUT2D eigenvalue weighted by Gasteiger charge is 2.13. The summed E-state index contributed by atoms with van der Waals surface area (Å²) in [5, 5.41) is 73.4. The normalized spacial score (nSPS) is 13.6. The van der Waals surface area contributed by atoms with E-state index in [0.29, 0.717) is 32.3 Å². The number of hydrogen-bond acceptors (Lipinski definition) is 17. The van der Waals surface area contributed by atoms with Crippen LogP contribution in [0.5, 0.6) is 0 Å². The van der Waals surface area contributed by atoms with Crippen molar-refractivity contribution in [1.29, 1.82) is 0 Å². The Balaban J connectivity index is -0.000000148. The topological polar surface area (TPSA) is 306 Å². The zero-order valence-electron chi connectivity index (χ0n) is 46.9. The van der Waals surface area contributed by atoms with Crippen molar-refractivity contribution in [1.82, 2.24) is 0 Å². The quantitative estimate of drug-likeness (QED) is 0.0245. The molecule has 0 aromatic heterocycles.